The molecule has 0 aromatic carbocycles. The summed E-state index contributed by atoms with van der Waals surface area (Å²) in [5.74, 6) is 0. The van der Waals surface area contributed by atoms with Gasteiger partial charge in [0.15, 0.2) is 0 Å². The predicted octanol–water partition coefficient (Wildman–Crippen LogP) is -0.0760. The van der Waals surface area contributed by atoms with Crippen LogP contribution in [0.5, 0.6) is 0 Å². The molecule has 0 aromatic rings. The molecule has 2 fully saturated rings. The smallest absolute Gasteiger partial charge is 0.410 e. The van der Waals surface area contributed by atoms with Crippen molar-refractivity contribution in [2.24, 2.45) is 0 Å². The van der Waals surface area contributed by atoms with Crippen LogP contribution in [0.4, 0.5) is 9.59 Å². The minimum Gasteiger partial charge on any atom is -0.446 e. The first-order valence-corrected chi connectivity index (χ1v) is 6.76. The number of nitrogens with zero attached hydrogens (tertiary/aromatic N) is 2. The van der Waals surface area contributed by atoms with Gasteiger partial charge in [-0.15, -0.1) is 0 Å². The number of hydrogen-bond donors (Lipinski definition) is 0. The van der Waals surface area contributed by atoms with E-state index in [1.165, 1.54) is 0 Å². The molecule has 2 heterocycles. The van der Waals surface area contributed by atoms with E-state index in [1.54, 1.807) is 9.80 Å². The lowest BCUT2D eigenvalue weighted by Crippen LogP contribution is -2.42. The van der Waals surface area contributed by atoms with Gasteiger partial charge >= 0.3 is 12.2 Å². The number of amides is 2. The van der Waals surface area contributed by atoms with Crippen molar-refractivity contribution in [3.05, 3.63) is 0 Å². The van der Waals surface area contributed by atoms with Crippen molar-refractivity contribution in [3.8, 4) is 0 Å². The van der Waals surface area contributed by atoms with Crippen LogP contribution in [0.15, 0.2) is 0 Å². The van der Waals surface area contributed by atoms with Gasteiger partial charge in [0.25, 0.3) is 0 Å². The first-order chi connectivity index (χ1) is 9.77. The molecular formula is C12H20N2O6. The zero-order valence-electron chi connectivity index (χ0n) is 11.4. The van der Waals surface area contributed by atoms with Gasteiger partial charge in [-0.1, -0.05) is 0 Å². The van der Waals surface area contributed by atoms with Crippen LogP contribution < -0.4 is 0 Å². The maximum atomic E-state index is 11.6. The topological polar surface area (TPSA) is 77.5 Å². The Morgan fingerprint density at radius 1 is 0.750 bits per heavy atom. The van der Waals surface area contributed by atoms with Gasteiger partial charge in [-0.25, -0.2) is 9.59 Å². The molecule has 0 bridgehead atoms. The summed E-state index contributed by atoms with van der Waals surface area (Å²) in [6.07, 6.45) is -0.786. The third-order valence-corrected chi connectivity index (χ3v) is 3.07. The summed E-state index contributed by atoms with van der Waals surface area (Å²) in [5, 5.41) is 0. The summed E-state index contributed by atoms with van der Waals surface area (Å²) < 4.78 is 20.3. The van der Waals surface area contributed by atoms with Crippen LogP contribution in [0.1, 0.15) is 0 Å². The van der Waals surface area contributed by atoms with E-state index in [4.69, 9.17) is 18.9 Å². The third-order valence-electron chi connectivity index (χ3n) is 3.07. The molecule has 0 aromatic heterocycles. The standard InChI is InChI=1S/C12H20N2O6/c15-11(13-1-5-17-6-2-13)19-9-10-20-12(16)14-3-7-18-8-4-14/h1-10H2. The minimum atomic E-state index is -0.393. The largest absolute Gasteiger partial charge is 0.446 e. The van der Waals surface area contributed by atoms with Crippen molar-refractivity contribution in [1.29, 1.82) is 0 Å². The molecule has 8 heteroatoms. The van der Waals surface area contributed by atoms with Crippen molar-refractivity contribution < 1.29 is 28.5 Å². The lowest BCUT2D eigenvalue weighted by Gasteiger charge is -2.27. The summed E-state index contributed by atoms with van der Waals surface area (Å²) >= 11 is 0. The van der Waals surface area contributed by atoms with E-state index >= 15 is 0 Å². The first kappa shape index (κ1) is 14.9. The average molecular weight is 288 g/mol. The Balaban J connectivity index is 1.56. The van der Waals surface area contributed by atoms with E-state index in [1.807, 2.05) is 0 Å². The van der Waals surface area contributed by atoms with Crippen molar-refractivity contribution in [2.45, 2.75) is 0 Å². The van der Waals surface area contributed by atoms with Gasteiger partial charge in [-0.3, -0.25) is 0 Å². The molecule has 0 N–H and O–H groups in total. The highest BCUT2D eigenvalue weighted by Gasteiger charge is 2.19. The fourth-order valence-electron chi connectivity index (χ4n) is 1.93. The van der Waals surface area contributed by atoms with Gasteiger partial charge in [0, 0.05) is 26.2 Å². The highest BCUT2D eigenvalue weighted by atomic mass is 16.6. The van der Waals surface area contributed by atoms with Gasteiger partial charge in [-0.2, -0.15) is 0 Å². The quantitative estimate of drug-likeness (QED) is 0.676. The summed E-state index contributed by atoms with van der Waals surface area (Å²) in [6.45, 7) is 4.38. The van der Waals surface area contributed by atoms with E-state index in [-0.39, 0.29) is 13.2 Å². The van der Waals surface area contributed by atoms with E-state index < -0.39 is 12.2 Å². The highest BCUT2D eigenvalue weighted by Crippen LogP contribution is 2.01. The number of rotatable bonds is 3. The Hall–Kier alpha value is -1.54. The van der Waals surface area contributed by atoms with Crippen LogP contribution in [0.3, 0.4) is 0 Å². The fourth-order valence-corrected chi connectivity index (χ4v) is 1.93. The van der Waals surface area contributed by atoms with Crippen LogP contribution in [0.25, 0.3) is 0 Å². The van der Waals surface area contributed by atoms with Gasteiger partial charge in [0.05, 0.1) is 26.4 Å². The van der Waals surface area contributed by atoms with E-state index in [0.29, 0.717) is 52.6 Å². The van der Waals surface area contributed by atoms with Gasteiger partial charge in [-0.05, 0) is 0 Å². The number of ether oxygens (including phenoxy) is 4. The van der Waals surface area contributed by atoms with E-state index in [2.05, 4.69) is 0 Å². The maximum Gasteiger partial charge on any atom is 0.410 e. The molecule has 2 rings (SSSR count). The third kappa shape index (κ3) is 4.53. The zero-order valence-corrected chi connectivity index (χ0v) is 11.4. The molecule has 0 atom stereocenters. The Kier molecular flexibility index (Phi) is 5.87. The first-order valence-electron chi connectivity index (χ1n) is 6.76. The zero-order chi connectivity index (χ0) is 14.2. The molecule has 2 aliphatic heterocycles. The molecule has 2 saturated heterocycles. The normalized spacial score (nSPS) is 19.6. The second kappa shape index (κ2) is 7.91. The lowest BCUT2D eigenvalue weighted by atomic mass is 10.4. The molecule has 0 unspecified atom stereocenters. The van der Waals surface area contributed by atoms with Crippen LogP contribution in [0, 0.1) is 0 Å². The molecule has 2 amide bonds. The summed E-state index contributed by atoms with van der Waals surface area (Å²) in [7, 11) is 0. The Morgan fingerprint density at radius 3 is 1.45 bits per heavy atom. The van der Waals surface area contributed by atoms with Crippen LogP contribution in [0.2, 0.25) is 0 Å². The van der Waals surface area contributed by atoms with Crippen LogP contribution >= 0.6 is 0 Å². The van der Waals surface area contributed by atoms with Crippen molar-refractivity contribution >= 4 is 12.2 Å². The van der Waals surface area contributed by atoms with Crippen molar-refractivity contribution in [1.82, 2.24) is 9.80 Å². The number of hydrogen-bond acceptors (Lipinski definition) is 6. The molecule has 0 spiro atoms. The van der Waals surface area contributed by atoms with E-state index in [9.17, 15) is 9.59 Å². The van der Waals surface area contributed by atoms with Crippen LogP contribution in [-0.4, -0.2) is 87.8 Å². The van der Waals surface area contributed by atoms with Crippen molar-refractivity contribution in [2.75, 3.05) is 65.8 Å². The number of morpholine rings is 2. The highest BCUT2D eigenvalue weighted by molar-refractivity contribution is 5.68. The molecule has 114 valence electrons. The monoisotopic (exact) mass is 288 g/mol. The van der Waals surface area contributed by atoms with Gasteiger partial charge in [0.1, 0.15) is 13.2 Å². The Morgan fingerprint density at radius 2 is 1.10 bits per heavy atom. The van der Waals surface area contributed by atoms with E-state index in [0.717, 1.165) is 0 Å². The molecule has 0 radical (unpaired) electrons. The van der Waals surface area contributed by atoms with Gasteiger partial charge in [0.2, 0.25) is 0 Å². The Bertz CT molecular complexity index is 294. The fraction of sp³-hybridized carbons (Fsp3) is 0.833. The minimum absolute atomic E-state index is 0.0618. The van der Waals surface area contributed by atoms with Crippen LogP contribution in [-0.2, 0) is 18.9 Å². The number of carbonyl (C=O) groups is 2. The average Bonchev–Trinajstić information content (AvgIpc) is 2.53. The molecule has 20 heavy (non-hydrogen) atoms. The predicted molar refractivity (Wildman–Crippen MR) is 67.5 cm³/mol. The number of carbonyl (C=O) groups excluding carboxylic acids is 2. The second-order valence-electron chi connectivity index (χ2n) is 4.43. The maximum absolute atomic E-state index is 11.6. The molecular weight excluding hydrogens is 268 g/mol. The van der Waals surface area contributed by atoms with Crippen molar-refractivity contribution in [3.63, 3.8) is 0 Å². The lowest BCUT2D eigenvalue weighted by molar-refractivity contribution is 0.00980. The SMILES string of the molecule is O=C(OCCOC(=O)N1CCOCC1)N1CCOCC1. The second-order valence-corrected chi connectivity index (χ2v) is 4.43. The molecule has 0 saturated carbocycles. The summed E-state index contributed by atoms with van der Waals surface area (Å²) in [4.78, 5) is 26.4. The summed E-state index contributed by atoms with van der Waals surface area (Å²) in [6, 6.07) is 0. The molecule has 2 aliphatic rings. The van der Waals surface area contributed by atoms with Gasteiger partial charge < -0.3 is 28.7 Å². The Labute approximate surface area is 117 Å². The molecule has 0 aliphatic carbocycles. The molecule has 8 nitrogen and oxygen atoms in total. The summed E-state index contributed by atoms with van der Waals surface area (Å²) in [5.41, 5.74) is 0.